The molecule has 8 aromatic rings. The Kier molecular flexibility index (Phi) is 4.11. The maximum Gasteiger partial charge on any atom is 0.135 e. The number of benzene rings is 7. The lowest BCUT2D eigenvalue weighted by Crippen LogP contribution is -1.84. The van der Waals surface area contributed by atoms with Gasteiger partial charge in [0.15, 0.2) is 0 Å². The molecular weight excluding hydrogens is 472 g/mol. The van der Waals surface area contributed by atoms with Gasteiger partial charge in [0.2, 0.25) is 0 Å². The Balaban J connectivity index is 1.15. The van der Waals surface area contributed by atoms with E-state index in [-0.39, 0.29) is 0 Å². The fourth-order valence-electron chi connectivity index (χ4n) is 6.49. The zero-order valence-corrected chi connectivity index (χ0v) is 21.1. The summed E-state index contributed by atoms with van der Waals surface area (Å²) >= 11 is 0. The van der Waals surface area contributed by atoms with Crippen molar-refractivity contribution in [3.8, 4) is 44.5 Å². The normalized spacial score (nSPS) is 12.1. The summed E-state index contributed by atoms with van der Waals surface area (Å²) in [6.45, 7) is 0. The van der Waals surface area contributed by atoms with Crippen LogP contribution < -0.4 is 0 Å². The molecule has 0 amide bonds. The lowest BCUT2D eigenvalue weighted by molar-refractivity contribution is 0.669. The predicted molar refractivity (Wildman–Crippen MR) is 164 cm³/mol. The van der Waals surface area contributed by atoms with Crippen molar-refractivity contribution >= 4 is 43.5 Å². The van der Waals surface area contributed by atoms with Gasteiger partial charge in [-0.2, -0.15) is 0 Å². The molecule has 0 fully saturated rings. The van der Waals surface area contributed by atoms with Crippen LogP contribution in [-0.2, 0) is 0 Å². The highest BCUT2D eigenvalue weighted by atomic mass is 16.3. The second kappa shape index (κ2) is 7.69. The van der Waals surface area contributed by atoms with E-state index in [2.05, 4.69) is 121 Å². The number of para-hydroxylation sites is 1. The molecule has 0 spiro atoms. The van der Waals surface area contributed by atoms with Gasteiger partial charge in [-0.15, -0.1) is 0 Å². The molecule has 1 aromatic heterocycles. The van der Waals surface area contributed by atoms with Crippen molar-refractivity contribution in [3.63, 3.8) is 0 Å². The highest BCUT2D eigenvalue weighted by Crippen LogP contribution is 2.48. The first kappa shape index (κ1) is 20.9. The van der Waals surface area contributed by atoms with E-state index in [9.17, 15) is 0 Å². The minimum absolute atomic E-state index is 0.929. The van der Waals surface area contributed by atoms with E-state index in [0.29, 0.717) is 0 Å². The SMILES string of the molecule is c1ccc2c(c1)-c1cccc3cc(-c4ccc5cc(-c6ccc7oc8ccccc8c7c6)ccc5c4)cc-2c13. The molecule has 9 rings (SSSR count). The molecule has 1 heteroatoms. The average Bonchev–Trinajstić information content (AvgIpc) is 3.53. The van der Waals surface area contributed by atoms with Crippen molar-refractivity contribution in [2.75, 3.05) is 0 Å². The van der Waals surface area contributed by atoms with E-state index in [1.807, 2.05) is 12.1 Å². The van der Waals surface area contributed by atoms with Crippen LogP contribution in [0.15, 0.2) is 138 Å². The van der Waals surface area contributed by atoms with E-state index in [1.165, 1.54) is 66.1 Å². The zero-order chi connectivity index (χ0) is 25.5. The fourth-order valence-corrected chi connectivity index (χ4v) is 6.49. The van der Waals surface area contributed by atoms with Crippen LogP contribution in [0.2, 0.25) is 0 Å². The first-order valence-corrected chi connectivity index (χ1v) is 13.4. The van der Waals surface area contributed by atoms with Gasteiger partial charge in [-0.05, 0) is 109 Å². The summed E-state index contributed by atoms with van der Waals surface area (Å²) in [5, 5.41) is 7.48. The van der Waals surface area contributed by atoms with E-state index < -0.39 is 0 Å². The molecule has 0 saturated carbocycles. The number of fused-ring (bicyclic) bond motifs is 7. The van der Waals surface area contributed by atoms with Crippen LogP contribution in [-0.4, -0.2) is 0 Å². The average molecular weight is 495 g/mol. The summed E-state index contributed by atoms with van der Waals surface area (Å²) in [6.07, 6.45) is 0. The quantitative estimate of drug-likeness (QED) is 0.233. The zero-order valence-electron chi connectivity index (χ0n) is 21.1. The molecule has 1 nitrogen and oxygen atoms in total. The Morgan fingerprint density at radius 2 is 0.949 bits per heavy atom. The minimum Gasteiger partial charge on any atom is -0.456 e. The number of rotatable bonds is 2. The van der Waals surface area contributed by atoms with Gasteiger partial charge in [-0.25, -0.2) is 0 Å². The van der Waals surface area contributed by atoms with Gasteiger partial charge in [0.25, 0.3) is 0 Å². The molecule has 0 aliphatic heterocycles. The maximum atomic E-state index is 6.03. The van der Waals surface area contributed by atoms with Crippen LogP contribution in [0.3, 0.4) is 0 Å². The third kappa shape index (κ3) is 3.02. The first-order valence-electron chi connectivity index (χ1n) is 13.4. The molecule has 1 aliphatic rings. The largest absolute Gasteiger partial charge is 0.456 e. The summed E-state index contributed by atoms with van der Waals surface area (Å²) in [5.41, 5.74) is 12.1. The Morgan fingerprint density at radius 1 is 0.333 bits per heavy atom. The topological polar surface area (TPSA) is 13.1 Å². The van der Waals surface area contributed by atoms with E-state index in [1.54, 1.807) is 0 Å². The van der Waals surface area contributed by atoms with Gasteiger partial charge < -0.3 is 4.42 Å². The molecule has 1 aliphatic carbocycles. The molecule has 0 unspecified atom stereocenters. The highest BCUT2D eigenvalue weighted by Gasteiger charge is 2.21. The third-order valence-corrected chi connectivity index (χ3v) is 8.37. The van der Waals surface area contributed by atoms with Crippen molar-refractivity contribution in [3.05, 3.63) is 133 Å². The van der Waals surface area contributed by atoms with Crippen LogP contribution in [0, 0.1) is 0 Å². The second-order valence-corrected chi connectivity index (χ2v) is 10.6. The van der Waals surface area contributed by atoms with Crippen LogP contribution in [0.25, 0.3) is 88.0 Å². The Bertz CT molecular complexity index is 2280. The standard InChI is InChI=1S/C38H22O/c1-2-8-31-30(7-1)33-10-5-6-28-20-29(22-35(31)38(28)33)26-15-14-23-18-25(13-12-24(23)19-26)27-16-17-37-34(21-27)32-9-3-4-11-36(32)39-37/h1-22H. The van der Waals surface area contributed by atoms with Crippen molar-refractivity contribution in [1.29, 1.82) is 0 Å². The molecule has 0 N–H and O–H groups in total. The van der Waals surface area contributed by atoms with Gasteiger partial charge in [0.05, 0.1) is 0 Å². The molecule has 0 bridgehead atoms. The molecule has 0 saturated heterocycles. The maximum absolute atomic E-state index is 6.03. The van der Waals surface area contributed by atoms with Gasteiger partial charge in [0, 0.05) is 10.8 Å². The first-order chi connectivity index (χ1) is 19.3. The molecular formula is C38H22O. The lowest BCUT2D eigenvalue weighted by atomic mass is 9.94. The molecule has 0 radical (unpaired) electrons. The molecule has 7 aromatic carbocycles. The summed E-state index contributed by atoms with van der Waals surface area (Å²) in [7, 11) is 0. The Morgan fingerprint density at radius 3 is 1.79 bits per heavy atom. The minimum atomic E-state index is 0.929. The van der Waals surface area contributed by atoms with Crippen molar-refractivity contribution in [2.24, 2.45) is 0 Å². The van der Waals surface area contributed by atoms with Gasteiger partial charge >= 0.3 is 0 Å². The van der Waals surface area contributed by atoms with Crippen molar-refractivity contribution in [2.45, 2.75) is 0 Å². The van der Waals surface area contributed by atoms with E-state index in [0.717, 1.165) is 21.9 Å². The van der Waals surface area contributed by atoms with Crippen LogP contribution in [0.5, 0.6) is 0 Å². The fraction of sp³-hybridized carbons (Fsp3) is 0. The third-order valence-electron chi connectivity index (χ3n) is 8.37. The summed E-state index contributed by atoms with van der Waals surface area (Å²) < 4.78 is 6.03. The Labute approximate surface area is 225 Å². The van der Waals surface area contributed by atoms with Crippen LogP contribution in [0.4, 0.5) is 0 Å². The van der Waals surface area contributed by atoms with Gasteiger partial charge in [-0.3, -0.25) is 0 Å². The van der Waals surface area contributed by atoms with Crippen LogP contribution in [0.1, 0.15) is 0 Å². The van der Waals surface area contributed by atoms with Crippen molar-refractivity contribution in [1.82, 2.24) is 0 Å². The van der Waals surface area contributed by atoms with Gasteiger partial charge in [-0.1, -0.05) is 91.0 Å². The monoisotopic (exact) mass is 494 g/mol. The highest BCUT2D eigenvalue weighted by molar-refractivity contribution is 6.16. The number of hydrogen-bond donors (Lipinski definition) is 0. The molecule has 0 atom stereocenters. The van der Waals surface area contributed by atoms with Gasteiger partial charge in [0.1, 0.15) is 11.2 Å². The van der Waals surface area contributed by atoms with Crippen LogP contribution >= 0.6 is 0 Å². The summed E-state index contributed by atoms with van der Waals surface area (Å²) in [4.78, 5) is 0. The molecule has 1 heterocycles. The number of hydrogen-bond acceptors (Lipinski definition) is 1. The second-order valence-electron chi connectivity index (χ2n) is 10.6. The summed E-state index contributed by atoms with van der Waals surface area (Å²) in [5.74, 6) is 0. The lowest BCUT2D eigenvalue weighted by Gasteiger charge is -2.10. The number of furan rings is 1. The molecule has 39 heavy (non-hydrogen) atoms. The predicted octanol–water partition coefficient (Wildman–Crippen LogP) is 10.9. The van der Waals surface area contributed by atoms with Crippen molar-refractivity contribution < 1.29 is 4.42 Å². The van der Waals surface area contributed by atoms with E-state index >= 15 is 0 Å². The smallest absolute Gasteiger partial charge is 0.135 e. The van der Waals surface area contributed by atoms with E-state index in [4.69, 9.17) is 4.42 Å². The summed E-state index contributed by atoms with van der Waals surface area (Å²) in [6, 6.07) is 48.5. The Hall–Kier alpha value is -5.14. The molecule has 180 valence electrons.